The summed E-state index contributed by atoms with van der Waals surface area (Å²) in [6.07, 6.45) is 3.41. The maximum Gasteiger partial charge on any atom is 0.339 e. The molecule has 3 aromatic rings. The lowest BCUT2D eigenvalue weighted by molar-refractivity contribution is 0.305. The fourth-order valence-electron chi connectivity index (χ4n) is 1.87. The standard InChI is InChI=1S/C15H11NO4/c17-13-7-15(18)20-14-6-11(3-4-12(13)14)19-9-10-2-1-5-16-8-10/h1-8,17H,9H2. The molecule has 0 atom stereocenters. The number of rotatable bonds is 3. The highest BCUT2D eigenvalue weighted by molar-refractivity contribution is 5.83. The van der Waals surface area contributed by atoms with Gasteiger partial charge in [-0.05, 0) is 18.2 Å². The first-order valence-electron chi connectivity index (χ1n) is 6.01. The molecule has 5 nitrogen and oxygen atoms in total. The second-order valence-corrected chi connectivity index (χ2v) is 4.26. The van der Waals surface area contributed by atoms with Crippen molar-refractivity contribution in [2.45, 2.75) is 6.61 Å². The van der Waals surface area contributed by atoms with Crippen LogP contribution in [0.5, 0.6) is 11.5 Å². The minimum absolute atomic E-state index is 0.102. The van der Waals surface area contributed by atoms with E-state index in [0.29, 0.717) is 23.3 Å². The summed E-state index contributed by atoms with van der Waals surface area (Å²) in [5, 5.41) is 10.1. The van der Waals surface area contributed by atoms with Crippen LogP contribution in [0.2, 0.25) is 0 Å². The summed E-state index contributed by atoms with van der Waals surface area (Å²) in [6.45, 7) is 0.363. The van der Waals surface area contributed by atoms with Gasteiger partial charge in [-0.3, -0.25) is 4.98 Å². The molecule has 5 heteroatoms. The highest BCUT2D eigenvalue weighted by Gasteiger charge is 2.06. The van der Waals surface area contributed by atoms with Crippen LogP contribution in [0.4, 0.5) is 0 Å². The van der Waals surface area contributed by atoms with Crippen LogP contribution in [-0.2, 0) is 6.61 Å². The van der Waals surface area contributed by atoms with Gasteiger partial charge in [0.15, 0.2) is 0 Å². The second kappa shape index (κ2) is 5.05. The van der Waals surface area contributed by atoms with Gasteiger partial charge in [0.2, 0.25) is 0 Å². The lowest BCUT2D eigenvalue weighted by atomic mass is 10.2. The van der Waals surface area contributed by atoms with Gasteiger partial charge in [-0.25, -0.2) is 4.79 Å². The molecule has 0 aliphatic rings. The van der Waals surface area contributed by atoms with E-state index >= 15 is 0 Å². The first-order chi connectivity index (χ1) is 9.72. The Labute approximate surface area is 114 Å². The molecule has 0 bridgehead atoms. The van der Waals surface area contributed by atoms with E-state index in [0.717, 1.165) is 11.6 Å². The molecule has 1 N–H and O–H groups in total. The number of ether oxygens (including phenoxy) is 1. The first kappa shape index (κ1) is 12.2. The Hall–Kier alpha value is -2.82. The van der Waals surface area contributed by atoms with E-state index in [2.05, 4.69) is 4.98 Å². The molecule has 3 rings (SSSR count). The number of aromatic nitrogens is 1. The average Bonchev–Trinajstić information content (AvgIpc) is 2.45. The lowest BCUT2D eigenvalue weighted by Crippen LogP contribution is -1.97. The van der Waals surface area contributed by atoms with Gasteiger partial charge in [0.25, 0.3) is 0 Å². The molecule has 0 amide bonds. The molecule has 0 unspecified atom stereocenters. The quantitative estimate of drug-likeness (QED) is 0.739. The summed E-state index contributed by atoms with van der Waals surface area (Å²) in [7, 11) is 0. The number of pyridine rings is 1. The van der Waals surface area contributed by atoms with Crippen LogP contribution in [0.3, 0.4) is 0 Å². The summed E-state index contributed by atoms with van der Waals surface area (Å²) in [5.74, 6) is 0.449. The Balaban J connectivity index is 1.88. The molecule has 100 valence electrons. The molecule has 0 aliphatic carbocycles. The third kappa shape index (κ3) is 2.47. The molecular weight excluding hydrogens is 258 g/mol. The predicted octanol–water partition coefficient (Wildman–Crippen LogP) is 2.47. The van der Waals surface area contributed by atoms with E-state index in [1.807, 2.05) is 12.1 Å². The summed E-state index contributed by atoms with van der Waals surface area (Å²) >= 11 is 0. The molecule has 2 heterocycles. The number of hydrogen-bond donors (Lipinski definition) is 1. The first-order valence-corrected chi connectivity index (χ1v) is 6.01. The van der Waals surface area contributed by atoms with Crippen molar-refractivity contribution in [2.75, 3.05) is 0 Å². The normalized spacial score (nSPS) is 10.6. The summed E-state index contributed by atoms with van der Waals surface area (Å²) in [5.41, 5.74) is 0.628. The third-order valence-electron chi connectivity index (χ3n) is 2.82. The predicted molar refractivity (Wildman–Crippen MR) is 72.7 cm³/mol. The van der Waals surface area contributed by atoms with Crippen molar-refractivity contribution in [1.29, 1.82) is 0 Å². The van der Waals surface area contributed by atoms with Crippen LogP contribution in [0.25, 0.3) is 11.0 Å². The fraction of sp³-hybridized carbons (Fsp3) is 0.0667. The molecule has 20 heavy (non-hydrogen) atoms. The van der Waals surface area contributed by atoms with Gasteiger partial charge in [0.1, 0.15) is 23.7 Å². The maximum atomic E-state index is 11.2. The van der Waals surface area contributed by atoms with E-state index < -0.39 is 5.63 Å². The Morgan fingerprint density at radius 3 is 2.95 bits per heavy atom. The zero-order valence-electron chi connectivity index (χ0n) is 10.4. The fourth-order valence-corrected chi connectivity index (χ4v) is 1.87. The van der Waals surface area contributed by atoms with E-state index in [1.54, 1.807) is 30.6 Å². The molecule has 0 aliphatic heterocycles. The number of fused-ring (bicyclic) bond motifs is 1. The zero-order valence-corrected chi connectivity index (χ0v) is 10.4. The zero-order chi connectivity index (χ0) is 13.9. The Morgan fingerprint density at radius 2 is 2.15 bits per heavy atom. The SMILES string of the molecule is O=c1cc(O)c2ccc(OCc3cccnc3)cc2o1. The monoisotopic (exact) mass is 269 g/mol. The van der Waals surface area contributed by atoms with Crippen molar-refractivity contribution in [3.05, 3.63) is 64.8 Å². The van der Waals surface area contributed by atoms with Crippen molar-refractivity contribution in [1.82, 2.24) is 4.98 Å². The minimum Gasteiger partial charge on any atom is -0.507 e. The van der Waals surface area contributed by atoms with Crippen LogP contribution >= 0.6 is 0 Å². The van der Waals surface area contributed by atoms with Gasteiger partial charge in [-0.1, -0.05) is 6.07 Å². The van der Waals surface area contributed by atoms with Crippen LogP contribution < -0.4 is 10.4 Å². The summed E-state index contributed by atoms with van der Waals surface area (Å²) in [6, 6.07) is 9.70. The molecule has 0 spiro atoms. The molecular formula is C15H11NO4. The number of hydrogen-bond acceptors (Lipinski definition) is 5. The average molecular weight is 269 g/mol. The van der Waals surface area contributed by atoms with E-state index in [4.69, 9.17) is 9.15 Å². The number of benzene rings is 1. The topological polar surface area (TPSA) is 72.6 Å². The lowest BCUT2D eigenvalue weighted by Gasteiger charge is -2.07. The van der Waals surface area contributed by atoms with E-state index in [1.165, 1.54) is 0 Å². The molecule has 2 aromatic heterocycles. The molecule has 0 fully saturated rings. The number of aromatic hydroxyl groups is 1. The highest BCUT2D eigenvalue weighted by Crippen LogP contribution is 2.26. The van der Waals surface area contributed by atoms with Gasteiger partial charge in [-0.15, -0.1) is 0 Å². The maximum absolute atomic E-state index is 11.2. The van der Waals surface area contributed by atoms with Gasteiger partial charge in [-0.2, -0.15) is 0 Å². The van der Waals surface area contributed by atoms with Crippen molar-refractivity contribution >= 4 is 11.0 Å². The van der Waals surface area contributed by atoms with Crippen molar-refractivity contribution in [3.63, 3.8) is 0 Å². The van der Waals surface area contributed by atoms with Gasteiger partial charge < -0.3 is 14.3 Å². The molecule has 0 radical (unpaired) electrons. The van der Waals surface area contributed by atoms with Crippen molar-refractivity contribution in [3.8, 4) is 11.5 Å². The van der Waals surface area contributed by atoms with Gasteiger partial charge in [0.05, 0.1) is 11.5 Å². The summed E-state index contributed by atoms with van der Waals surface area (Å²) in [4.78, 5) is 15.2. The second-order valence-electron chi connectivity index (χ2n) is 4.26. The third-order valence-corrected chi connectivity index (χ3v) is 2.82. The van der Waals surface area contributed by atoms with Crippen LogP contribution in [0.1, 0.15) is 5.56 Å². The van der Waals surface area contributed by atoms with Crippen molar-refractivity contribution < 1.29 is 14.3 Å². The van der Waals surface area contributed by atoms with Crippen molar-refractivity contribution in [2.24, 2.45) is 0 Å². The Kier molecular flexibility index (Phi) is 3.09. The Morgan fingerprint density at radius 1 is 1.25 bits per heavy atom. The molecule has 0 saturated carbocycles. The highest BCUT2D eigenvalue weighted by atomic mass is 16.5. The number of nitrogens with zero attached hydrogens (tertiary/aromatic N) is 1. The van der Waals surface area contributed by atoms with Crippen LogP contribution in [0.15, 0.2) is 58.0 Å². The van der Waals surface area contributed by atoms with Crippen LogP contribution in [-0.4, -0.2) is 10.1 Å². The molecule has 0 saturated heterocycles. The van der Waals surface area contributed by atoms with E-state index in [9.17, 15) is 9.90 Å². The minimum atomic E-state index is -0.598. The Bertz CT molecular complexity index is 796. The summed E-state index contributed by atoms with van der Waals surface area (Å²) < 4.78 is 10.6. The van der Waals surface area contributed by atoms with Crippen LogP contribution in [0, 0.1) is 0 Å². The van der Waals surface area contributed by atoms with Gasteiger partial charge in [0, 0.05) is 24.0 Å². The largest absolute Gasteiger partial charge is 0.507 e. The van der Waals surface area contributed by atoms with E-state index in [-0.39, 0.29) is 5.75 Å². The smallest absolute Gasteiger partial charge is 0.339 e. The molecule has 1 aromatic carbocycles. The van der Waals surface area contributed by atoms with Gasteiger partial charge >= 0.3 is 5.63 Å².